The summed E-state index contributed by atoms with van der Waals surface area (Å²) in [6.07, 6.45) is -0.338. The van der Waals surface area contributed by atoms with Crippen molar-refractivity contribution < 1.29 is 29.5 Å². The number of aliphatic hydroxyl groups excluding tert-OH is 3. The Morgan fingerprint density at radius 1 is 1.24 bits per heavy atom. The normalized spacial score (nSPS) is 29.2. The summed E-state index contributed by atoms with van der Waals surface area (Å²) in [6.45, 7) is -0.166. The van der Waals surface area contributed by atoms with Crippen LogP contribution in [0.1, 0.15) is 11.1 Å². The molecule has 0 amide bonds. The molecule has 0 saturated carbocycles. The fourth-order valence-electron chi connectivity index (χ4n) is 2.32. The Morgan fingerprint density at radius 3 is 2.57 bits per heavy atom. The third kappa shape index (κ3) is 3.25. The molecule has 0 aliphatic carbocycles. The van der Waals surface area contributed by atoms with Crippen molar-refractivity contribution in [3.63, 3.8) is 0 Å². The summed E-state index contributed by atoms with van der Waals surface area (Å²) in [5, 5.41) is 29.0. The van der Waals surface area contributed by atoms with Gasteiger partial charge in [0, 0.05) is 12.7 Å². The predicted molar refractivity (Wildman–Crippen MR) is 75.6 cm³/mol. The van der Waals surface area contributed by atoms with E-state index in [1.54, 1.807) is 24.3 Å². The minimum Gasteiger partial charge on any atom is -0.496 e. The van der Waals surface area contributed by atoms with E-state index in [-0.39, 0.29) is 6.61 Å². The average molecular weight is 296 g/mol. The highest BCUT2D eigenvalue weighted by atomic mass is 16.7. The van der Waals surface area contributed by atoms with Gasteiger partial charge >= 0.3 is 0 Å². The number of methoxy groups -OCH3 is 2. The molecule has 1 saturated heterocycles. The molecule has 1 heterocycles. The van der Waals surface area contributed by atoms with Gasteiger partial charge in [-0.05, 0) is 11.6 Å². The lowest BCUT2D eigenvalue weighted by molar-refractivity contribution is -0.142. The molecule has 1 aliphatic heterocycles. The fraction of sp³-hybridized carbons (Fsp3) is 0.467. The van der Waals surface area contributed by atoms with Crippen LogP contribution in [0.25, 0.3) is 6.08 Å². The number of aliphatic hydroxyl groups is 3. The largest absolute Gasteiger partial charge is 0.496 e. The van der Waals surface area contributed by atoms with Crippen molar-refractivity contribution in [3.05, 3.63) is 35.4 Å². The Bertz CT molecular complexity index is 501. The zero-order valence-corrected chi connectivity index (χ0v) is 12.0. The molecule has 0 radical (unpaired) electrons. The van der Waals surface area contributed by atoms with Crippen LogP contribution >= 0.6 is 0 Å². The highest BCUT2D eigenvalue weighted by molar-refractivity contribution is 5.58. The second-order valence-electron chi connectivity index (χ2n) is 4.73. The number of rotatable bonds is 5. The van der Waals surface area contributed by atoms with E-state index in [0.717, 1.165) is 5.56 Å². The van der Waals surface area contributed by atoms with Crippen LogP contribution in [0.4, 0.5) is 0 Å². The van der Waals surface area contributed by atoms with Crippen LogP contribution in [-0.4, -0.2) is 54.1 Å². The van der Waals surface area contributed by atoms with Gasteiger partial charge in [-0.25, -0.2) is 0 Å². The van der Waals surface area contributed by atoms with Gasteiger partial charge in [-0.1, -0.05) is 24.3 Å². The van der Waals surface area contributed by atoms with Gasteiger partial charge in [0.15, 0.2) is 6.29 Å². The van der Waals surface area contributed by atoms with Crippen molar-refractivity contribution in [1.82, 2.24) is 0 Å². The van der Waals surface area contributed by atoms with Crippen LogP contribution in [0.2, 0.25) is 0 Å². The number of benzene rings is 1. The first kappa shape index (κ1) is 15.9. The van der Waals surface area contributed by atoms with Crippen LogP contribution in [0.5, 0.6) is 5.75 Å². The monoisotopic (exact) mass is 296 g/mol. The minimum absolute atomic E-state index is 0.166. The van der Waals surface area contributed by atoms with Crippen molar-refractivity contribution in [2.24, 2.45) is 0 Å². The SMILES string of the molecule is COc1cccc(/C=C/[C@H]2O[C@@H](OC)[C@H](O)[C@@H]2O)c1CO. The Morgan fingerprint density at radius 2 is 2.00 bits per heavy atom. The van der Waals surface area contributed by atoms with E-state index in [4.69, 9.17) is 14.2 Å². The van der Waals surface area contributed by atoms with Crippen molar-refractivity contribution in [1.29, 1.82) is 0 Å². The molecule has 1 fully saturated rings. The molecular weight excluding hydrogens is 276 g/mol. The summed E-state index contributed by atoms with van der Waals surface area (Å²) in [4.78, 5) is 0. The smallest absolute Gasteiger partial charge is 0.186 e. The highest BCUT2D eigenvalue weighted by Crippen LogP contribution is 2.26. The van der Waals surface area contributed by atoms with Gasteiger partial charge in [0.05, 0.1) is 13.7 Å². The van der Waals surface area contributed by atoms with E-state index in [9.17, 15) is 15.3 Å². The first-order valence-corrected chi connectivity index (χ1v) is 6.61. The summed E-state index contributed by atoms with van der Waals surface area (Å²) in [5.74, 6) is 0.586. The summed E-state index contributed by atoms with van der Waals surface area (Å²) >= 11 is 0. The first-order valence-electron chi connectivity index (χ1n) is 6.61. The first-order chi connectivity index (χ1) is 10.1. The molecule has 0 bridgehead atoms. The van der Waals surface area contributed by atoms with Gasteiger partial charge in [-0.3, -0.25) is 0 Å². The van der Waals surface area contributed by atoms with E-state index in [0.29, 0.717) is 11.3 Å². The third-order valence-corrected chi connectivity index (χ3v) is 3.50. The minimum atomic E-state index is -1.09. The molecule has 4 atom stereocenters. The number of hydrogen-bond acceptors (Lipinski definition) is 6. The molecule has 1 aromatic rings. The molecule has 3 N–H and O–H groups in total. The molecule has 0 unspecified atom stereocenters. The van der Waals surface area contributed by atoms with Crippen LogP contribution in [0.3, 0.4) is 0 Å². The summed E-state index contributed by atoms with van der Waals surface area (Å²) in [6, 6.07) is 5.38. The Labute approximate surface area is 123 Å². The topological polar surface area (TPSA) is 88.4 Å². The number of ether oxygens (including phenoxy) is 3. The van der Waals surface area contributed by atoms with E-state index in [1.165, 1.54) is 14.2 Å². The van der Waals surface area contributed by atoms with E-state index in [1.807, 2.05) is 6.07 Å². The van der Waals surface area contributed by atoms with E-state index >= 15 is 0 Å². The van der Waals surface area contributed by atoms with Crippen molar-refractivity contribution in [2.45, 2.75) is 31.2 Å². The third-order valence-electron chi connectivity index (χ3n) is 3.50. The van der Waals surface area contributed by atoms with Crippen LogP contribution in [0.15, 0.2) is 24.3 Å². The fourth-order valence-corrected chi connectivity index (χ4v) is 2.32. The van der Waals surface area contributed by atoms with Crippen molar-refractivity contribution in [3.8, 4) is 5.75 Å². The van der Waals surface area contributed by atoms with Gasteiger partial charge < -0.3 is 29.5 Å². The van der Waals surface area contributed by atoms with Crippen LogP contribution in [-0.2, 0) is 16.1 Å². The van der Waals surface area contributed by atoms with Crippen LogP contribution < -0.4 is 4.74 Å². The molecule has 1 aliphatic rings. The second-order valence-corrected chi connectivity index (χ2v) is 4.73. The van der Waals surface area contributed by atoms with Crippen LogP contribution in [0, 0.1) is 0 Å². The maximum absolute atomic E-state index is 9.88. The highest BCUT2D eigenvalue weighted by Gasteiger charge is 2.41. The van der Waals surface area contributed by atoms with E-state index < -0.39 is 24.6 Å². The van der Waals surface area contributed by atoms with Gasteiger partial charge in [-0.15, -0.1) is 0 Å². The number of hydrogen-bond donors (Lipinski definition) is 3. The maximum Gasteiger partial charge on any atom is 0.186 e. The molecule has 1 aromatic carbocycles. The zero-order valence-electron chi connectivity index (χ0n) is 12.0. The average Bonchev–Trinajstić information content (AvgIpc) is 2.79. The molecule has 2 rings (SSSR count). The summed E-state index contributed by atoms with van der Waals surface area (Å²) < 4.78 is 15.5. The lowest BCUT2D eigenvalue weighted by atomic mass is 10.0. The summed E-state index contributed by atoms with van der Waals surface area (Å²) in [5.41, 5.74) is 1.40. The molecule has 6 heteroatoms. The Balaban J connectivity index is 2.18. The summed E-state index contributed by atoms with van der Waals surface area (Å²) in [7, 11) is 2.93. The van der Waals surface area contributed by atoms with Gasteiger partial charge in [0.2, 0.25) is 0 Å². The molecular formula is C15H20O6. The Hall–Kier alpha value is -1.44. The van der Waals surface area contributed by atoms with E-state index in [2.05, 4.69) is 0 Å². The van der Waals surface area contributed by atoms with Crippen molar-refractivity contribution in [2.75, 3.05) is 14.2 Å². The lowest BCUT2D eigenvalue weighted by Crippen LogP contribution is -2.32. The van der Waals surface area contributed by atoms with Crippen molar-refractivity contribution >= 4 is 6.08 Å². The van der Waals surface area contributed by atoms with Gasteiger partial charge in [0.1, 0.15) is 24.1 Å². The zero-order chi connectivity index (χ0) is 15.4. The Kier molecular flexibility index (Phi) is 5.33. The van der Waals surface area contributed by atoms with Gasteiger partial charge in [-0.2, -0.15) is 0 Å². The second kappa shape index (κ2) is 7.02. The van der Waals surface area contributed by atoms with Gasteiger partial charge in [0.25, 0.3) is 0 Å². The lowest BCUT2D eigenvalue weighted by Gasteiger charge is -2.11. The quantitative estimate of drug-likeness (QED) is 0.724. The standard InChI is InChI=1S/C15H20O6/c1-19-11-5-3-4-9(10(11)8-16)6-7-12-13(17)14(18)15(20-2)21-12/h3-7,12-18H,8H2,1-2H3/b7-6+/t12-,13-,14-,15-/m1/s1. The molecule has 0 aromatic heterocycles. The maximum atomic E-state index is 9.88. The molecule has 6 nitrogen and oxygen atoms in total. The molecule has 0 spiro atoms. The molecule has 21 heavy (non-hydrogen) atoms. The molecule has 116 valence electrons. The predicted octanol–water partition coefficient (Wildman–Crippen LogP) is 0.294.